The second-order valence-electron chi connectivity index (χ2n) is 15.2. The maximum Gasteiger partial charge on any atom is 0.293 e. The Morgan fingerprint density at radius 1 is 0.875 bits per heavy atom. The number of carbonyl (C=O) groups is 6. The Labute approximate surface area is 340 Å². The Morgan fingerprint density at radius 2 is 1.25 bits per heavy atom. The quantitative estimate of drug-likeness (QED) is 0.125. The van der Waals surface area contributed by atoms with Crippen molar-refractivity contribution in [3.8, 4) is 0 Å². The summed E-state index contributed by atoms with van der Waals surface area (Å²) in [5.41, 5.74) is 12.3. The predicted molar refractivity (Wildman–Crippen MR) is 228 cm³/mol. The molecule has 0 saturated carbocycles. The van der Waals surface area contributed by atoms with Crippen molar-refractivity contribution < 1.29 is 47.0 Å². The van der Waals surface area contributed by atoms with Crippen LogP contribution < -0.4 is 16.8 Å². The molecule has 1 atom stereocenters. The second-order valence-corrected chi connectivity index (χ2v) is 18.4. The minimum absolute atomic E-state index is 0.218. The van der Waals surface area contributed by atoms with E-state index in [-0.39, 0.29) is 42.4 Å². The third kappa shape index (κ3) is 30.1. The van der Waals surface area contributed by atoms with Gasteiger partial charge in [-0.2, -0.15) is 12.6 Å². The van der Waals surface area contributed by atoms with E-state index >= 15 is 0 Å². The van der Waals surface area contributed by atoms with Gasteiger partial charge in [0.15, 0.2) is 16.1 Å². The van der Waals surface area contributed by atoms with Gasteiger partial charge in [0.2, 0.25) is 0 Å². The number of hydrogen-bond acceptors (Lipinski definition) is 12. The summed E-state index contributed by atoms with van der Waals surface area (Å²) in [6.07, 6.45) is 1.91. The number of ether oxygens (including phenoxy) is 1. The number of thiol groups is 1. The smallest absolute Gasteiger partial charge is 0.293 e. The number of nitrogens with zero attached hydrogens (tertiary/aromatic N) is 1. The molecule has 1 aliphatic rings. The van der Waals surface area contributed by atoms with E-state index in [1.165, 1.54) is 11.2 Å². The van der Waals surface area contributed by atoms with Gasteiger partial charge in [-0.3, -0.25) is 33.7 Å². The average molecular weight is 829 g/mol. The standard InChI is InChI=1S/C11H12N2O2S.C10H12N2O2.C5H12O2S.C5H10O2.2C4H10.CH2O2/c12-7(6-16)5-13-10(14)8-3-1-2-4-9(8)11(13)15;11-5-6-12-10(14)9-4-2-1-3-8(9)7-13;1-5(2,3)8(4,6)7;1-5(2,3)7-4-6;2*1-4(2)3;2-1-3/h1-4,7,16H,5-6,12H2;1-4,7H,5-6,11H2,(H,12,14);1-4H3;4H,1-3H3;2*4H,1-3H3;1H,(H,2,3)/t7-;;;;;;/m0....../s1. The molecule has 1 aliphatic heterocycles. The van der Waals surface area contributed by atoms with Crippen molar-refractivity contribution in [1.82, 2.24) is 10.2 Å². The van der Waals surface area contributed by atoms with Crippen LogP contribution in [0.15, 0.2) is 48.5 Å². The first-order chi connectivity index (χ1) is 25.6. The minimum atomic E-state index is -2.84. The zero-order valence-electron chi connectivity index (χ0n) is 35.5. The van der Waals surface area contributed by atoms with E-state index in [4.69, 9.17) is 21.4 Å². The molecule has 3 amide bonds. The summed E-state index contributed by atoms with van der Waals surface area (Å²) in [5.74, 6) is 1.31. The summed E-state index contributed by atoms with van der Waals surface area (Å²) in [7, 11) is -2.84. The van der Waals surface area contributed by atoms with Gasteiger partial charge in [-0.05, 0) is 71.6 Å². The third-order valence-electron chi connectivity index (χ3n) is 5.81. The average Bonchev–Trinajstić information content (AvgIpc) is 3.31. The fourth-order valence-electron chi connectivity index (χ4n) is 2.93. The first-order valence-corrected chi connectivity index (χ1v) is 20.4. The molecule has 16 heteroatoms. The van der Waals surface area contributed by atoms with Crippen molar-refractivity contribution in [2.24, 2.45) is 23.3 Å². The van der Waals surface area contributed by atoms with Gasteiger partial charge in [-0.25, -0.2) is 8.42 Å². The highest BCUT2D eigenvalue weighted by Crippen LogP contribution is 2.22. The number of carbonyl (C=O) groups excluding carboxylic acids is 5. The molecule has 6 N–H and O–H groups in total. The fraction of sp³-hybridized carbons (Fsp3) is 0.550. The number of nitrogens with one attached hydrogen (secondary N) is 1. The zero-order valence-corrected chi connectivity index (χ0v) is 37.2. The molecule has 0 saturated heterocycles. The van der Waals surface area contributed by atoms with Gasteiger partial charge in [0.25, 0.3) is 30.7 Å². The van der Waals surface area contributed by atoms with Crippen LogP contribution in [-0.2, 0) is 24.2 Å². The van der Waals surface area contributed by atoms with Crippen LogP contribution in [0.4, 0.5) is 0 Å². The maximum absolute atomic E-state index is 11.9. The lowest BCUT2D eigenvalue weighted by Crippen LogP contribution is -2.41. The van der Waals surface area contributed by atoms with Gasteiger partial charge in [-0.1, -0.05) is 71.9 Å². The van der Waals surface area contributed by atoms with Crippen LogP contribution in [0.25, 0.3) is 0 Å². The van der Waals surface area contributed by atoms with Crippen LogP contribution in [0.5, 0.6) is 0 Å². The molecule has 0 radical (unpaired) electrons. The molecule has 2 aromatic rings. The number of carboxylic acid groups (broad SMARTS) is 1. The Kier molecular flexibility index (Phi) is 32.5. The van der Waals surface area contributed by atoms with Crippen LogP contribution in [0.3, 0.4) is 0 Å². The Balaban J connectivity index is -0.000000307. The van der Waals surface area contributed by atoms with Crippen molar-refractivity contribution in [2.75, 3.05) is 31.6 Å². The Morgan fingerprint density at radius 3 is 1.54 bits per heavy atom. The number of sulfone groups is 1. The molecular weight excluding hydrogens is 761 g/mol. The van der Waals surface area contributed by atoms with E-state index in [1.807, 2.05) is 20.8 Å². The van der Waals surface area contributed by atoms with E-state index < -0.39 is 14.6 Å². The molecule has 320 valence electrons. The molecule has 3 rings (SSSR count). The van der Waals surface area contributed by atoms with Gasteiger partial charge in [0, 0.05) is 48.8 Å². The highest BCUT2D eigenvalue weighted by molar-refractivity contribution is 7.92. The molecule has 2 aromatic carbocycles. The first kappa shape index (κ1) is 58.6. The van der Waals surface area contributed by atoms with Gasteiger partial charge >= 0.3 is 0 Å². The van der Waals surface area contributed by atoms with Crippen molar-refractivity contribution in [2.45, 2.75) is 99.5 Å². The van der Waals surface area contributed by atoms with E-state index in [0.717, 1.165) is 11.8 Å². The number of hydrogen-bond donors (Lipinski definition) is 5. The van der Waals surface area contributed by atoms with Crippen molar-refractivity contribution in [3.05, 3.63) is 70.8 Å². The van der Waals surface area contributed by atoms with E-state index in [0.29, 0.717) is 53.9 Å². The largest absolute Gasteiger partial charge is 0.483 e. The summed E-state index contributed by atoms with van der Waals surface area (Å²) in [6, 6.07) is 13.1. The van der Waals surface area contributed by atoms with Crippen LogP contribution in [0.1, 0.15) is 125 Å². The van der Waals surface area contributed by atoms with E-state index in [1.54, 1.807) is 69.3 Å². The van der Waals surface area contributed by atoms with Crippen molar-refractivity contribution in [1.29, 1.82) is 0 Å². The summed E-state index contributed by atoms with van der Waals surface area (Å²) in [5, 5.41) is 9.49. The fourth-order valence-corrected chi connectivity index (χ4v) is 3.04. The van der Waals surface area contributed by atoms with E-state index in [2.05, 4.69) is 64.2 Å². The van der Waals surface area contributed by atoms with Crippen molar-refractivity contribution in [3.63, 3.8) is 0 Å². The number of benzene rings is 2. The lowest BCUT2D eigenvalue weighted by molar-refractivity contribution is -0.138. The topological polar surface area (TPSA) is 233 Å². The number of amides is 3. The normalized spacial score (nSPS) is 11.9. The molecule has 1 heterocycles. The molecule has 14 nitrogen and oxygen atoms in total. The number of rotatable bonds is 8. The first-order valence-electron chi connectivity index (χ1n) is 17.9. The van der Waals surface area contributed by atoms with E-state index in [9.17, 15) is 32.4 Å². The highest BCUT2D eigenvalue weighted by atomic mass is 32.2. The Hall–Kier alpha value is -4.12. The summed E-state index contributed by atoms with van der Waals surface area (Å²) in [6.45, 7) is 24.7. The molecular formula is C40H68N4O10S2. The molecule has 0 unspecified atom stereocenters. The molecule has 0 aromatic heterocycles. The van der Waals surface area contributed by atoms with Gasteiger partial charge < -0.3 is 26.6 Å². The van der Waals surface area contributed by atoms with Gasteiger partial charge in [0.1, 0.15) is 5.60 Å². The van der Waals surface area contributed by atoms with Gasteiger partial charge in [-0.15, -0.1) is 0 Å². The Bertz CT molecular complexity index is 1510. The lowest BCUT2D eigenvalue weighted by atomic mass is 10.1. The summed E-state index contributed by atoms with van der Waals surface area (Å²) in [4.78, 5) is 65.0. The number of imide groups is 1. The van der Waals surface area contributed by atoms with Gasteiger partial charge in [0.05, 0.1) is 15.9 Å². The summed E-state index contributed by atoms with van der Waals surface area (Å²) < 4.78 is 25.3. The second kappa shape index (κ2) is 31.0. The predicted octanol–water partition coefficient (Wildman–Crippen LogP) is 5.54. The van der Waals surface area contributed by atoms with Crippen molar-refractivity contribution >= 4 is 59.4 Å². The SMILES string of the molecule is CC(C)(C)OC=O.CC(C)(C)S(C)(=O)=O.CC(C)C.CC(C)C.NCCNC(=O)c1ccccc1C=O.N[C@H](CS)CN1C(=O)c2ccccc2C1=O.O=CO. The molecule has 0 bridgehead atoms. The molecule has 0 fully saturated rings. The third-order valence-corrected chi connectivity index (χ3v) is 8.50. The molecule has 0 aliphatic carbocycles. The number of nitrogens with two attached hydrogens (primary N) is 2. The summed E-state index contributed by atoms with van der Waals surface area (Å²) >= 11 is 4.03. The van der Waals surface area contributed by atoms with Crippen LogP contribution >= 0.6 is 12.6 Å². The highest BCUT2D eigenvalue weighted by Gasteiger charge is 2.35. The van der Waals surface area contributed by atoms with Crippen LogP contribution in [-0.4, -0.2) is 103 Å². The zero-order chi connectivity index (χ0) is 44.9. The minimum Gasteiger partial charge on any atom is -0.483 e. The van der Waals surface area contributed by atoms with Crippen LogP contribution in [0, 0.1) is 11.8 Å². The van der Waals surface area contributed by atoms with Crippen LogP contribution in [0.2, 0.25) is 0 Å². The maximum atomic E-state index is 11.9. The number of aldehydes is 1. The lowest BCUT2D eigenvalue weighted by Gasteiger charge is -2.17. The monoisotopic (exact) mass is 828 g/mol. The number of fused-ring (bicyclic) bond motifs is 1. The molecule has 0 spiro atoms. The molecule has 56 heavy (non-hydrogen) atoms.